The maximum Gasteiger partial charge on any atom is 0.176 e. The molecule has 4 nitrogen and oxygen atoms in total. The van der Waals surface area contributed by atoms with Gasteiger partial charge in [0.25, 0.3) is 0 Å². The fraction of sp³-hybridized carbons (Fsp3) is 0.125. The normalized spacial score (nSPS) is 11.7. The maximum atomic E-state index is 8.52. The fourth-order valence-corrected chi connectivity index (χ4v) is 0.666. The Morgan fingerprint density at radius 3 is 2.58 bits per heavy atom. The Bertz CT molecular complexity index is 334. The van der Waals surface area contributed by atoms with Crippen molar-refractivity contribution in [2.24, 2.45) is 5.73 Å². The van der Waals surface area contributed by atoms with E-state index in [0.29, 0.717) is 17.1 Å². The van der Waals surface area contributed by atoms with Gasteiger partial charge < -0.3 is 5.73 Å². The van der Waals surface area contributed by atoms with Gasteiger partial charge in [-0.3, -0.25) is 0 Å². The predicted octanol–water partition coefficient (Wildman–Crippen LogP) is 0.690. The summed E-state index contributed by atoms with van der Waals surface area (Å²) in [7, 11) is 0. The van der Waals surface area contributed by atoms with Crippen molar-refractivity contribution in [3.63, 3.8) is 0 Å². The van der Waals surface area contributed by atoms with Gasteiger partial charge in [0, 0.05) is 12.4 Å². The SMILES string of the molecule is C/C(C#N)=C(/N)c1ncccn1. The number of allylic oxidation sites excluding steroid dienone is 1. The standard InChI is InChI=1S/C8H8N4/c1-6(5-9)7(10)8-11-3-2-4-12-8/h2-4H,10H2,1H3/b7-6-. The van der Waals surface area contributed by atoms with Crippen LogP contribution in [0.4, 0.5) is 0 Å². The van der Waals surface area contributed by atoms with Crippen LogP contribution in [0.15, 0.2) is 24.0 Å². The molecular weight excluding hydrogens is 152 g/mol. The van der Waals surface area contributed by atoms with Gasteiger partial charge in [0.1, 0.15) is 0 Å². The van der Waals surface area contributed by atoms with E-state index in [0.717, 1.165) is 0 Å². The number of hydrogen-bond acceptors (Lipinski definition) is 4. The molecule has 0 saturated carbocycles. The van der Waals surface area contributed by atoms with Crippen molar-refractivity contribution >= 4 is 5.70 Å². The molecule has 1 aromatic rings. The van der Waals surface area contributed by atoms with E-state index < -0.39 is 0 Å². The van der Waals surface area contributed by atoms with E-state index in [1.165, 1.54) is 0 Å². The predicted molar refractivity (Wildman–Crippen MR) is 44.4 cm³/mol. The van der Waals surface area contributed by atoms with Crippen molar-refractivity contribution in [1.82, 2.24) is 9.97 Å². The average Bonchev–Trinajstić information content (AvgIpc) is 2.17. The Morgan fingerprint density at radius 1 is 1.50 bits per heavy atom. The van der Waals surface area contributed by atoms with Gasteiger partial charge in [-0.15, -0.1) is 0 Å². The molecule has 1 rings (SSSR count). The van der Waals surface area contributed by atoms with Crippen LogP contribution in [0, 0.1) is 11.3 Å². The van der Waals surface area contributed by atoms with E-state index in [1.54, 1.807) is 25.4 Å². The molecule has 60 valence electrons. The molecule has 1 aromatic heterocycles. The molecule has 0 fully saturated rings. The Labute approximate surface area is 70.4 Å². The lowest BCUT2D eigenvalue weighted by Gasteiger charge is -1.98. The number of hydrogen-bond donors (Lipinski definition) is 1. The summed E-state index contributed by atoms with van der Waals surface area (Å²) in [6.07, 6.45) is 3.17. The van der Waals surface area contributed by atoms with E-state index in [-0.39, 0.29) is 0 Å². The van der Waals surface area contributed by atoms with Gasteiger partial charge in [0.2, 0.25) is 0 Å². The molecule has 1 heterocycles. The fourth-order valence-electron chi connectivity index (χ4n) is 0.666. The van der Waals surface area contributed by atoms with E-state index in [9.17, 15) is 0 Å². The van der Waals surface area contributed by atoms with Crippen molar-refractivity contribution < 1.29 is 0 Å². The minimum atomic E-state index is 0.332. The zero-order valence-corrected chi connectivity index (χ0v) is 6.65. The van der Waals surface area contributed by atoms with Crippen LogP contribution in [0.1, 0.15) is 12.7 Å². The van der Waals surface area contributed by atoms with Crippen LogP contribution in [0.5, 0.6) is 0 Å². The molecule has 2 N–H and O–H groups in total. The average molecular weight is 160 g/mol. The van der Waals surface area contributed by atoms with E-state index >= 15 is 0 Å². The lowest BCUT2D eigenvalue weighted by Crippen LogP contribution is -2.03. The number of nitrogens with two attached hydrogens (primary N) is 1. The lowest BCUT2D eigenvalue weighted by molar-refractivity contribution is 1.10. The Morgan fingerprint density at radius 2 is 2.08 bits per heavy atom. The molecule has 0 amide bonds. The molecular formula is C8H8N4. The first-order valence-corrected chi connectivity index (χ1v) is 3.39. The van der Waals surface area contributed by atoms with Gasteiger partial charge in [-0.05, 0) is 13.0 Å². The zero-order valence-electron chi connectivity index (χ0n) is 6.65. The number of rotatable bonds is 1. The molecule has 0 unspecified atom stereocenters. The third-order valence-corrected chi connectivity index (χ3v) is 1.38. The highest BCUT2D eigenvalue weighted by molar-refractivity contribution is 5.63. The first kappa shape index (κ1) is 8.21. The van der Waals surface area contributed by atoms with Gasteiger partial charge in [-0.25, -0.2) is 9.97 Å². The largest absolute Gasteiger partial charge is 0.395 e. The zero-order chi connectivity index (χ0) is 8.97. The van der Waals surface area contributed by atoms with Crippen LogP contribution < -0.4 is 5.73 Å². The minimum absolute atomic E-state index is 0.332. The summed E-state index contributed by atoms with van der Waals surface area (Å²) in [4.78, 5) is 7.81. The summed E-state index contributed by atoms with van der Waals surface area (Å²) in [5, 5.41) is 8.52. The van der Waals surface area contributed by atoms with Crippen molar-refractivity contribution in [1.29, 1.82) is 5.26 Å². The smallest absolute Gasteiger partial charge is 0.176 e. The Hall–Kier alpha value is -1.89. The van der Waals surface area contributed by atoms with Gasteiger partial charge in [0.05, 0.1) is 17.3 Å². The highest BCUT2D eigenvalue weighted by Gasteiger charge is 2.01. The van der Waals surface area contributed by atoms with Crippen LogP contribution in [0.25, 0.3) is 5.70 Å². The number of aromatic nitrogens is 2. The summed E-state index contributed by atoms with van der Waals surface area (Å²) >= 11 is 0. The van der Waals surface area contributed by atoms with Crippen molar-refractivity contribution in [2.75, 3.05) is 0 Å². The minimum Gasteiger partial charge on any atom is -0.395 e. The highest BCUT2D eigenvalue weighted by atomic mass is 14.9. The summed E-state index contributed by atoms with van der Waals surface area (Å²) in [6.45, 7) is 1.63. The quantitative estimate of drug-likeness (QED) is 0.613. The van der Waals surface area contributed by atoms with Crippen molar-refractivity contribution in [3.05, 3.63) is 29.9 Å². The third-order valence-electron chi connectivity index (χ3n) is 1.38. The second-order valence-corrected chi connectivity index (χ2v) is 2.22. The first-order valence-electron chi connectivity index (χ1n) is 3.39. The number of nitrogens with zero attached hydrogens (tertiary/aromatic N) is 3. The second kappa shape index (κ2) is 3.49. The summed E-state index contributed by atoms with van der Waals surface area (Å²) < 4.78 is 0. The molecule has 0 saturated heterocycles. The van der Waals surface area contributed by atoms with Crippen LogP contribution in [0.3, 0.4) is 0 Å². The molecule has 0 aliphatic heterocycles. The molecule has 0 aromatic carbocycles. The molecule has 0 bridgehead atoms. The van der Waals surface area contributed by atoms with E-state index in [2.05, 4.69) is 9.97 Å². The van der Waals surface area contributed by atoms with Crippen LogP contribution in [-0.4, -0.2) is 9.97 Å². The summed E-state index contributed by atoms with van der Waals surface area (Å²) in [5.41, 5.74) is 6.34. The first-order chi connectivity index (χ1) is 5.75. The Kier molecular flexibility index (Phi) is 2.38. The van der Waals surface area contributed by atoms with Gasteiger partial charge >= 0.3 is 0 Å². The summed E-state index contributed by atoms with van der Waals surface area (Å²) in [6, 6.07) is 3.63. The maximum absolute atomic E-state index is 8.52. The second-order valence-electron chi connectivity index (χ2n) is 2.22. The summed E-state index contributed by atoms with van der Waals surface area (Å²) in [5.74, 6) is 0.400. The third kappa shape index (κ3) is 1.58. The van der Waals surface area contributed by atoms with Crippen molar-refractivity contribution in [2.45, 2.75) is 6.92 Å². The number of nitriles is 1. The molecule has 0 radical (unpaired) electrons. The molecule has 12 heavy (non-hydrogen) atoms. The van der Waals surface area contributed by atoms with Gasteiger partial charge in [0.15, 0.2) is 5.82 Å². The Balaban J connectivity index is 3.11. The molecule has 0 spiro atoms. The molecule has 4 heteroatoms. The van der Waals surface area contributed by atoms with E-state index in [4.69, 9.17) is 11.0 Å². The monoisotopic (exact) mass is 160 g/mol. The van der Waals surface area contributed by atoms with Crippen LogP contribution in [0.2, 0.25) is 0 Å². The molecule has 0 aliphatic carbocycles. The lowest BCUT2D eigenvalue weighted by atomic mass is 10.2. The van der Waals surface area contributed by atoms with Crippen LogP contribution in [-0.2, 0) is 0 Å². The van der Waals surface area contributed by atoms with Gasteiger partial charge in [-0.2, -0.15) is 5.26 Å². The topological polar surface area (TPSA) is 75.6 Å². The highest BCUT2D eigenvalue weighted by Crippen LogP contribution is 2.05. The molecule has 0 aliphatic rings. The van der Waals surface area contributed by atoms with Gasteiger partial charge in [-0.1, -0.05) is 0 Å². The van der Waals surface area contributed by atoms with Crippen LogP contribution >= 0.6 is 0 Å². The molecule has 0 atom stereocenters. The van der Waals surface area contributed by atoms with Crippen molar-refractivity contribution in [3.8, 4) is 6.07 Å². The van der Waals surface area contributed by atoms with E-state index in [1.807, 2.05) is 6.07 Å².